The molecule has 0 fully saturated rings. The van der Waals surface area contributed by atoms with Gasteiger partial charge in [-0.1, -0.05) is 29.8 Å². The Kier molecular flexibility index (Phi) is 2.91. The fourth-order valence-electron chi connectivity index (χ4n) is 1.69. The molecule has 2 heteroatoms. The minimum Gasteiger partial charge on any atom is -0.458 e. The molecule has 82 valence electrons. The SMILES string of the molecule is CC(=O)c1ccc(Cc2cccc(C)c2)o1. The third kappa shape index (κ3) is 2.40. The van der Waals surface area contributed by atoms with Gasteiger partial charge in [0.05, 0.1) is 0 Å². The summed E-state index contributed by atoms with van der Waals surface area (Å²) in [5.74, 6) is 1.23. The average Bonchev–Trinajstić information content (AvgIpc) is 2.66. The van der Waals surface area contributed by atoms with Crippen LogP contribution in [0, 0.1) is 6.92 Å². The Morgan fingerprint density at radius 1 is 1.25 bits per heavy atom. The molecule has 0 radical (unpaired) electrons. The topological polar surface area (TPSA) is 30.2 Å². The van der Waals surface area contributed by atoms with Crippen LogP contribution in [0.25, 0.3) is 0 Å². The Labute approximate surface area is 94.9 Å². The summed E-state index contributed by atoms with van der Waals surface area (Å²) in [5.41, 5.74) is 2.43. The number of carbonyl (C=O) groups is 1. The zero-order valence-electron chi connectivity index (χ0n) is 9.49. The van der Waals surface area contributed by atoms with Crippen LogP contribution in [0.3, 0.4) is 0 Å². The van der Waals surface area contributed by atoms with Gasteiger partial charge in [-0.15, -0.1) is 0 Å². The maximum Gasteiger partial charge on any atom is 0.194 e. The fourth-order valence-corrected chi connectivity index (χ4v) is 1.69. The molecule has 0 aliphatic rings. The van der Waals surface area contributed by atoms with Crippen LogP contribution >= 0.6 is 0 Å². The van der Waals surface area contributed by atoms with E-state index in [1.165, 1.54) is 18.1 Å². The van der Waals surface area contributed by atoms with Crippen LogP contribution in [0.15, 0.2) is 40.8 Å². The molecule has 0 saturated heterocycles. The van der Waals surface area contributed by atoms with Crippen molar-refractivity contribution in [2.75, 3.05) is 0 Å². The maximum atomic E-state index is 11.1. The third-order valence-corrected chi connectivity index (χ3v) is 2.47. The molecule has 0 aliphatic heterocycles. The Morgan fingerprint density at radius 3 is 2.69 bits per heavy atom. The first kappa shape index (κ1) is 10.7. The van der Waals surface area contributed by atoms with E-state index in [2.05, 4.69) is 25.1 Å². The van der Waals surface area contributed by atoms with Crippen LogP contribution < -0.4 is 0 Å². The molecule has 2 nitrogen and oxygen atoms in total. The van der Waals surface area contributed by atoms with E-state index in [-0.39, 0.29) is 5.78 Å². The van der Waals surface area contributed by atoms with Crippen molar-refractivity contribution in [3.63, 3.8) is 0 Å². The molecule has 0 unspecified atom stereocenters. The molecular weight excluding hydrogens is 200 g/mol. The quantitative estimate of drug-likeness (QED) is 0.733. The Bertz CT molecular complexity index is 509. The molecule has 2 rings (SSSR count). The highest BCUT2D eigenvalue weighted by Crippen LogP contribution is 2.14. The van der Waals surface area contributed by atoms with Crippen molar-refractivity contribution in [2.45, 2.75) is 20.3 Å². The summed E-state index contributed by atoms with van der Waals surface area (Å²) in [7, 11) is 0. The zero-order valence-corrected chi connectivity index (χ0v) is 9.49. The summed E-state index contributed by atoms with van der Waals surface area (Å²) in [6.45, 7) is 3.57. The smallest absolute Gasteiger partial charge is 0.194 e. The molecule has 0 bridgehead atoms. The zero-order chi connectivity index (χ0) is 11.5. The number of ketones is 1. The van der Waals surface area contributed by atoms with Gasteiger partial charge >= 0.3 is 0 Å². The molecule has 1 aromatic carbocycles. The summed E-state index contributed by atoms with van der Waals surface area (Å²) in [4.78, 5) is 11.1. The first-order valence-corrected chi connectivity index (χ1v) is 5.30. The molecule has 0 atom stereocenters. The van der Waals surface area contributed by atoms with E-state index in [0.29, 0.717) is 5.76 Å². The molecule has 1 heterocycles. The average molecular weight is 214 g/mol. The number of furan rings is 1. The van der Waals surface area contributed by atoms with Crippen molar-refractivity contribution in [1.82, 2.24) is 0 Å². The second-order valence-corrected chi connectivity index (χ2v) is 3.99. The van der Waals surface area contributed by atoms with E-state index in [4.69, 9.17) is 4.42 Å². The number of aryl methyl sites for hydroxylation is 1. The number of hydrogen-bond acceptors (Lipinski definition) is 2. The highest BCUT2D eigenvalue weighted by Gasteiger charge is 2.06. The van der Waals surface area contributed by atoms with Crippen LogP contribution in [0.4, 0.5) is 0 Å². The minimum atomic E-state index is -0.0320. The van der Waals surface area contributed by atoms with Crippen molar-refractivity contribution >= 4 is 5.78 Å². The summed E-state index contributed by atoms with van der Waals surface area (Å²) in [6.07, 6.45) is 0.731. The van der Waals surface area contributed by atoms with Gasteiger partial charge in [0.25, 0.3) is 0 Å². The maximum absolute atomic E-state index is 11.1. The molecule has 0 aliphatic carbocycles. The van der Waals surface area contributed by atoms with Gasteiger partial charge < -0.3 is 4.42 Å². The van der Waals surface area contributed by atoms with E-state index in [1.54, 1.807) is 6.07 Å². The summed E-state index contributed by atoms with van der Waals surface area (Å²) >= 11 is 0. The van der Waals surface area contributed by atoms with Gasteiger partial charge in [0, 0.05) is 13.3 Å². The van der Waals surface area contributed by atoms with E-state index in [9.17, 15) is 4.79 Å². The van der Waals surface area contributed by atoms with Crippen molar-refractivity contribution < 1.29 is 9.21 Å². The van der Waals surface area contributed by atoms with Crippen molar-refractivity contribution in [1.29, 1.82) is 0 Å². The predicted molar refractivity (Wildman–Crippen MR) is 62.7 cm³/mol. The van der Waals surface area contributed by atoms with Gasteiger partial charge in [0.1, 0.15) is 5.76 Å². The van der Waals surface area contributed by atoms with Gasteiger partial charge in [-0.25, -0.2) is 0 Å². The molecule has 2 aromatic rings. The van der Waals surface area contributed by atoms with Crippen LogP contribution in [-0.4, -0.2) is 5.78 Å². The molecule has 1 aromatic heterocycles. The first-order chi connectivity index (χ1) is 7.65. The molecule has 16 heavy (non-hydrogen) atoms. The molecule has 0 N–H and O–H groups in total. The second kappa shape index (κ2) is 4.35. The van der Waals surface area contributed by atoms with Crippen molar-refractivity contribution in [3.05, 3.63) is 59.0 Å². The van der Waals surface area contributed by atoms with Crippen LogP contribution in [0.1, 0.15) is 34.4 Å². The van der Waals surface area contributed by atoms with Crippen LogP contribution in [0.5, 0.6) is 0 Å². The largest absolute Gasteiger partial charge is 0.458 e. The minimum absolute atomic E-state index is 0.0320. The number of benzene rings is 1. The molecule has 0 amide bonds. The van der Waals surface area contributed by atoms with Gasteiger partial charge in [0.15, 0.2) is 11.5 Å². The van der Waals surface area contributed by atoms with E-state index in [1.807, 2.05) is 12.1 Å². The number of hydrogen-bond donors (Lipinski definition) is 0. The van der Waals surface area contributed by atoms with Crippen LogP contribution in [0.2, 0.25) is 0 Å². The van der Waals surface area contributed by atoms with Crippen molar-refractivity contribution in [3.8, 4) is 0 Å². The lowest BCUT2D eigenvalue weighted by molar-refractivity contribution is 0.0985. The lowest BCUT2D eigenvalue weighted by atomic mass is 10.1. The number of rotatable bonds is 3. The monoisotopic (exact) mass is 214 g/mol. The lowest BCUT2D eigenvalue weighted by Crippen LogP contribution is -1.88. The van der Waals surface area contributed by atoms with E-state index in [0.717, 1.165) is 12.2 Å². The normalized spacial score (nSPS) is 10.4. The highest BCUT2D eigenvalue weighted by atomic mass is 16.3. The Balaban J connectivity index is 2.17. The number of Topliss-reactive ketones (excluding diaryl/α,β-unsaturated/α-hetero) is 1. The van der Waals surface area contributed by atoms with Gasteiger partial charge in [-0.3, -0.25) is 4.79 Å². The van der Waals surface area contributed by atoms with Crippen molar-refractivity contribution in [2.24, 2.45) is 0 Å². The van der Waals surface area contributed by atoms with E-state index < -0.39 is 0 Å². The van der Waals surface area contributed by atoms with Gasteiger partial charge in [-0.05, 0) is 24.6 Å². The highest BCUT2D eigenvalue weighted by molar-refractivity contribution is 5.91. The summed E-state index contributed by atoms with van der Waals surface area (Å²) in [5, 5.41) is 0. The third-order valence-electron chi connectivity index (χ3n) is 2.47. The standard InChI is InChI=1S/C14H14O2/c1-10-4-3-5-12(8-10)9-13-6-7-14(16-13)11(2)15/h3-8H,9H2,1-2H3. The summed E-state index contributed by atoms with van der Waals surface area (Å²) in [6, 6.07) is 11.9. The number of carbonyl (C=O) groups excluding carboxylic acids is 1. The Morgan fingerprint density at radius 2 is 2.06 bits per heavy atom. The second-order valence-electron chi connectivity index (χ2n) is 3.99. The Hall–Kier alpha value is -1.83. The van der Waals surface area contributed by atoms with Crippen LogP contribution in [-0.2, 0) is 6.42 Å². The molecule has 0 spiro atoms. The molecular formula is C14H14O2. The predicted octanol–water partition coefficient (Wildman–Crippen LogP) is 3.38. The lowest BCUT2D eigenvalue weighted by Gasteiger charge is -1.99. The fraction of sp³-hybridized carbons (Fsp3) is 0.214. The van der Waals surface area contributed by atoms with Gasteiger partial charge in [0.2, 0.25) is 0 Å². The van der Waals surface area contributed by atoms with E-state index >= 15 is 0 Å². The molecule has 0 saturated carbocycles. The first-order valence-electron chi connectivity index (χ1n) is 5.30. The summed E-state index contributed by atoms with van der Waals surface area (Å²) < 4.78 is 5.44. The van der Waals surface area contributed by atoms with Gasteiger partial charge in [-0.2, -0.15) is 0 Å².